The van der Waals surface area contributed by atoms with Crippen LogP contribution in [0.15, 0.2) is 65.6 Å². The Morgan fingerprint density at radius 3 is 2.17 bits per heavy atom. The first kappa shape index (κ1) is 40.8. The van der Waals surface area contributed by atoms with Crippen LogP contribution >= 0.6 is 0 Å². The zero-order chi connectivity index (χ0) is 40.4. The summed E-state index contributed by atoms with van der Waals surface area (Å²) in [6, 6.07) is 13.6. The molecule has 0 radical (unpaired) electrons. The molecule has 1 aliphatic carbocycles. The van der Waals surface area contributed by atoms with Crippen LogP contribution in [0, 0.1) is 23.6 Å². The highest BCUT2D eigenvalue weighted by molar-refractivity contribution is 7.92. The average Bonchev–Trinajstić information content (AvgIpc) is 3.62. The maximum Gasteiger partial charge on any atom is 0.404 e. The van der Waals surface area contributed by atoms with E-state index < -0.39 is 26.6 Å². The second-order valence-corrected chi connectivity index (χ2v) is 19.9. The van der Waals surface area contributed by atoms with Gasteiger partial charge in [-0.3, -0.25) is 14.5 Å². The van der Waals surface area contributed by atoms with Gasteiger partial charge in [0.25, 0.3) is 0 Å². The molecule has 6 fully saturated rings. The minimum absolute atomic E-state index is 0.0222. The van der Waals surface area contributed by atoms with Crippen LogP contribution < -0.4 is 10.2 Å². The van der Waals surface area contributed by atoms with Crippen LogP contribution in [-0.2, 0) is 24.8 Å². The lowest BCUT2D eigenvalue weighted by molar-refractivity contribution is -0.138. The van der Waals surface area contributed by atoms with Gasteiger partial charge in [-0.2, -0.15) is 0 Å². The fourth-order valence-electron chi connectivity index (χ4n) is 10.8. The molecule has 1 unspecified atom stereocenters. The van der Waals surface area contributed by atoms with Crippen molar-refractivity contribution in [3.05, 3.63) is 72.1 Å². The summed E-state index contributed by atoms with van der Waals surface area (Å²) in [6.45, 7) is 8.27. The molecule has 5 heterocycles. The number of hydrogen-bond acceptors (Lipinski definition) is 8. The Morgan fingerprint density at radius 1 is 0.810 bits per heavy atom. The monoisotopic (exact) mass is 818 g/mol. The van der Waals surface area contributed by atoms with E-state index in [-0.39, 0.29) is 59.4 Å². The summed E-state index contributed by atoms with van der Waals surface area (Å²) in [5.74, 6) is -0.271. The molecule has 58 heavy (non-hydrogen) atoms. The molecular weight excluding hydrogens is 760 g/mol. The van der Waals surface area contributed by atoms with E-state index in [9.17, 15) is 32.3 Å². The minimum atomic E-state index is -3.59. The van der Waals surface area contributed by atoms with Gasteiger partial charge in [-0.15, -0.1) is 0 Å². The number of rotatable bonds is 13. The molecule has 8 rings (SSSR count). The third-order valence-corrected chi connectivity index (χ3v) is 16.4. The third kappa shape index (κ3) is 8.38. The molecule has 0 spiro atoms. The van der Waals surface area contributed by atoms with Crippen molar-refractivity contribution in [3.8, 4) is 0 Å². The predicted octanol–water partition coefficient (Wildman–Crippen LogP) is 4.61. The Balaban J connectivity index is 0.854. The second kappa shape index (κ2) is 17.3. The number of benzene rings is 2. The number of carbonyl (C=O) groups excluding carboxylic acids is 2. The maximum absolute atomic E-state index is 15.0. The summed E-state index contributed by atoms with van der Waals surface area (Å²) >= 11 is 0. The molecule has 3 amide bonds. The average molecular weight is 819 g/mol. The molecule has 3 atom stereocenters. The van der Waals surface area contributed by atoms with Crippen molar-refractivity contribution >= 4 is 33.4 Å². The molecule has 12 nitrogen and oxygen atoms in total. The summed E-state index contributed by atoms with van der Waals surface area (Å²) in [6.07, 6.45) is 11.3. The Bertz CT molecular complexity index is 1930. The molecular formula is C44H59FN6O6S. The van der Waals surface area contributed by atoms with Gasteiger partial charge < -0.3 is 30.0 Å². The van der Waals surface area contributed by atoms with Crippen LogP contribution in [0.1, 0.15) is 63.4 Å². The van der Waals surface area contributed by atoms with Gasteiger partial charge in [-0.05, 0) is 125 Å². The molecule has 6 aliphatic rings. The van der Waals surface area contributed by atoms with E-state index in [1.807, 2.05) is 29.2 Å². The summed E-state index contributed by atoms with van der Waals surface area (Å²) < 4.78 is 41.8. The number of nitrogens with zero attached hydrogens (tertiary/aromatic N) is 5. The van der Waals surface area contributed by atoms with Crippen LogP contribution in [0.4, 0.5) is 14.9 Å². The first-order valence-electron chi connectivity index (χ1n) is 21.5. The highest BCUT2D eigenvalue weighted by atomic mass is 32.2. The number of anilines is 1. The lowest BCUT2D eigenvalue weighted by Gasteiger charge is -2.54. The SMILES string of the molecule is O=C(O)N[C@H]1CCC[C@@H]1C(CN1CCC1)(c1cccc(F)c1)C1CCN(C(=O)C2CN(c3ccc(S(=O)(=O)C4CN(C(=O)/C=C/CN5CCCCC5)C4)cc3)C2)CC1. The number of likely N-dealkylation sites (tertiary alicyclic amines) is 4. The van der Waals surface area contributed by atoms with Crippen molar-refractivity contribution in [2.45, 2.75) is 79.4 Å². The molecule has 1 saturated carbocycles. The number of halogens is 1. The zero-order valence-electron chi connectivity index (χ0n) is 33.5. The lowest BCUT2D eigenvalue weighted by Crippen LogP contribution is -2.60. The molecule has 5 aliphatic heterocycles. The van der Waals surface area contributed by atoms with E-state index in [2.05, 4.69) is 20.0 Å². The fourth-order valence-corrected chi connectivity index (χ4v) is 12.5. The highest BCUT2D eigenvalue weighted by Gasteiger charge is 2.53. The Kier molecular flexibility index (Phi) is 12.2. The van der Waals surface area contributed by atoms with Gasteiger partial charge in [0.1, 0.15) is 11.1 Å². The summed E-state index contributed by atoms with van der Waals surface area (Å²) in [5, 5.41) is 12.0. The Hall–Kier alpha value is -4.01. The first-order chi connectivity index (χ1) is 28.0. The quantitative estimate of drug-likeness (QED) is 0.278. The van der Waals surface area contributed by atoms with Gasteiger partial charge in [-0.1, -0.05) is 31.1 Å². The van der Waals surface area contributed by atoms with Gasteiger partial charge in [0.15, 0.2) is 9.84 Å². The zero-order valence-corrected chi connectivity index (χ0v) is 34.3. The van der Waals surface area contributed by atoms with Crippen LogP contribution in [0.3, 0.4) is 0 Å². The number of sulfone groups is 1. The van der Waals surface area contributed by atoms with Crippen LogP contribution in [-0.4, -0.2) is 141 Å². The Labute approximate surface area is 342 Å². The molecule has 0 bridgehead atoms. The van der Waals surface area contributed by atoms with Crippen molar-refractivity contribution in [1.29, 1.82) is 0 Å². The smallest absolute Gasteiger partial charge is 0.404 e. The first-order valence-corrected chi connectivity index (χ1v) is 23.1. The van der Waals surface area contributed by atoms with E-state index >= 15 is 0 Å². The van der Waals surface area contributed by atoms with E-state index in [1.165, 1.54) is 25.3 Å². The predicted molar refractivity (Wildman–Crippen MR) is 220 cm³/mol. The number of carboxylic acid groups (broad SMARTS) is 1. The van der Waals surface area contributed by atoms with Crippen LogP contribution in [0.5, 0.6) is 0 Å². The maximum atomic E-state index is 15.0. The third-order valence-electron chi connectivity index (χ3n) is 14.3. The van der Waals surface area contributed by atoms with Crippen molar-refractivity contribution in [2.24, 2.45) is 17.8 Å². The van der Waals surface area contributed by atoms with Gasteiger partial charge in [0.05, 0.1) is 10.8 Å². The van der Waals surface area contributed by atoms with Crippen LogP contribution in [0.2, 0.25) is 0 Å². The van der Waals surface area contributed by atoms with Crippen molar-refractivity contribution in [2.75, 3.05) is 83.4 Å². The highest BCUT2D eigenvalue weighted by Crippen LogP contribution is 2.51. The molecule has 14 heteroatoms. The molecule has 314 valence electrons. The minimum Gasteiger partial charge on any atom is -0.465 e. The number of hydrogen-bond donors (Lipinski definition) is 2. The van der Waals surface area contributed by atoms with Crippen molar-refractivity contribution < 1.29 is 32.3 Å². The summed E-state index contributed by atoms with van der Waals surface area (Å²) in [5.41, 5.74) is 1.36. The molecule has 2 N–H and O–H groups in total. The van der Waals surface area contributed by atoms with Gasteiger partial charge in [-0.25, -0.2) is 17.6 Å². The number of carbonyl (C=O) groups is 3. The van der Waals surface area contributed by atoms with E-state index in [1.54, 1.807) is 35.2 Å². The number of amides is 3. The fraction of sp³-hybridized carbons (Fsp3) is 0.614. The Morgan fingerprint density at radius 2 is 1.52 bits per heavy atom. The summed E-state index contributed by atoms with van der Waals surface area (Å²) in [4.78, 5) is 49.1. The largest absolute Gasteiger partial charge is 0.465 e. The van der Waals surface area contributed by atoms with E-state index in [4.69, 9.17) is 0 Å². The number of piperidine rings is 2. The second-order valence-electron chi connectivity index (χ2n) is 17.6. The van der Waals surface area contributed by atoms with Gasteiger partial charge >= 0.3 is 6.09 Å². The van der Waals surface area contributed by atoms with Gasteiger partial charge in [0, 0.05) is 75.6 Å². The molecule has 5 saturated heterocycles. The lowest BCUT2D eigenvalue weighted by atomic mass is 9.57. The van der Waals surface area contributed by atoms with E-state index in [0.29, 0.717) is 26.2 Å². The topological polar surface area (TPSA) is 134 Å². The molecule has 0 aromatic heterocycles. The van der Waals surface area contributed by atoms with Gasteiger partial charge in [0.2, 0.25) is 11.8 Å². The summed E-state index contributed by atoms with van der Waals surface area (Å²) in [7, 11) is -3.59. The number of nitrogens with one attached hydrogen (secondary N) is 1. The standard InChI is InChI=1S/C44H59FN6O6S/c45-35-9-4-8-34(26-35)44(31-48-22-7-23-48,39-10-5-11-40(39)46-43(54)55)33-17-24-49(25-18-33)42(53)32-27-50(28-32)36-13-15-37(16-14-36)58(56,57)38-29-51(30-38)41(52)12-6-21-47-19-2-1-3-20-47/h4,6,8-9,12-16,26,32-33,38-40,46H,1-3,5,7,10-11,17-25,27-31H2,(H,54,55)/b12-6+/t39-,40-,44?/m0/s1. The molecule has 2 aromatic carbocycles. The molecule has 2 aromatic rings. The van der Waals surface area contributed by atoms with Crippen molar-refractivity contribution in [1.82, 2.24) is 24.9 Å². The van der Waals surface area contributed by atoms with Crippen molar-refractivity contribution in [3.63, 3.8) is 0 Å². The van der Waals surface area contributed by atoms with Crippen LogP contribution in [0.25, 0.3) is 0 Å². The van der Waals surface area contributed by atoms with E-state index in [0.717, 1.165) is 89.0 Å². The normalized spacial score (nSPS) is 25.2.